The molecule has 1 atom stereocenters. The van der Waals surface area contributed by atoms with Crippen molar-refractivity contribution in [2.75, 3.05) is 4.90 Å². The van der Waals surface area contributed by atoms with E-state index in [-0.39, 0.29) is 24.4 Å². The molecule has 0 fully saturated rings. The van der Waals surface area contributed by atoms with Gasteiger partial charge in [0, 0.05) is 24.8 Å². The fourth-order valence-electron chi connectivity index (χ4n) is 4.54. The molecule has 0 saturated carbocycles. The number of hydrogen-bond donors (Lipinski definition) is 1. The standard InChI is InChI=1S/C27H23N5O3S/c28-19-27(15-21-9-3-1-4-10-21)26(33)31(18-23-16-29-20-30-23)25-14-8-7-11-22(25)17-32(27)36(34,35)24-12-5-2-6-13-24/h1-14,16,20H,15,17-18H2,(H,29,30). The molecule has 1 aliphatic heterocycles. The summed E-state index contributed by atoms with van der Waals surface area (Å²) in [6.45, 7) is -0.0354. The Morgan fingerprint density at radius 1 is 0.972 bits per heavy atom. The monoisotopic (exact) mass is 497 g/mol. The summed E-state index contributed by atoms with van der Waals surface area (Å²) in [5, 5.41) is 10.7. The largest absolute Gasteiger partial charge is 0.347 e. The summed E-state index contributed by atoms with van der Waals surface area (Å²) in [5.74, 6) is -0.618. The van der Waals surface area contributed by atoms with Crippen LogP contribution in [-0.2, 0) is 34.3 Å². The van der Waals surface area contributed by atoms with Crippen LogP contribution in [0, 0.1) is 11.3 Å². The maximum Gasteiger partial charge on any atom is 0.263 e. The number of sulfonamides is 1. The molecule has 1 aliphatic rings. The Labute approximate surface area is 209 Å². The molecule has 0 radical (unpaired) electrons. The fraction of sp³-hybridized carbons (Fsp3) is 0.148. The molecular formula is C27H23N5O3S. The van der Waals surface area contributed by atoms with Gasteiger partial charge in [-0.25, -0.2) is 13.4 Å². The van der Waals surface area contributed by atoms with Crippen molar-refractivity contribution in [3.05, 3.63) is 114 Å². The Morgan fingerprint density at radius 2 is 1.64 bits per heavy atom. The maximum atomic E-state index is 14.4. The third kappa shape index (κ3) is 4.06. The molecule has 2 heterocycles. The molecule has 180 valence electrons. The van der Waals surface area contributed by atoms with Crippen LogP contribution in [-0.4, -0.2) is 34.1 Å². The molecule has 1 aromatic heterocycles. The van der Waals surface area contributed by atoms with Crippen molar-refractivity contribution >= 4 is 21.6 Å². The fourth-order valence-corrected chi connectivity index (χ4v) is 6.20. The van der Waals surface area contributed by atoms with Gasteiger partial charge in [-0.15, -0.1) is 0 Å². The summed E-state index contributed by atoms with van der Waals surface area (Å²) in [5.41, 5.74) is 0.470. The zero-order chi connectivity index (χ0) is 25.2. The number of hydrogen-bond acceptors (Lipinski definition) is 5. The number of para-hydroxylation sites is 1. The van der Waals surface area contributed by atoms with Crippen molar-refractivity contribution in [3.8, 4) is 6.07 Å². The van der Waals surface area contributed by atoms with Gasteiger partial charge in [-0.1, -0.05) is 66.7 Å². The van der Waals surface area contributed by atoms with E-state index in [0.717, 1.165) is 4.31 Å². The molecule has 0 aliphatic carbocycles. The molecule has 1 unspecified atom stereocenters. The minimum atomic E-state index is -4.24. The second kappa shape index (κ2) is 9.41. The smallest absolute Gasteiger partial charge is 0.263 e. The van der Waals surface area contributed by atoms with Gasteiger partial charge in [0.2, 0.25) is 15.6 Å². The molecule has 3 aromatic carbocycles. The lowest BCUT2D eigenvalue weighted by molar-refractivity contribution is -0.125. The van der Waals surface area contributed by atoms with Crippen LogP contribution < -0.4 is 4.90 Å². The Kier molecular flexibility index (Phi) is 6.14. The van der Waals surface area contributed by atoms with E-state index in [1.54, 1.807) is 72.9 Å². The van der Waals surface area contributed by atoms with Crippen LogP contribution in [0.15, 0.2) is 102 Å². The summed E-state index contributed by atoms with van der Waals surface area (Å²) in [6.07, 6.45) is 3.00. The molecule has 1 amide bonds. The van der Waals surface area contributed by atoms with Crippen molar-refractivity contribution in [3.63, 3.8) is 0 Å². The van der Waals surface area contributed by atoms with E-state index in [1.165, 1.54) is 23.4 Å². The van der Waals surface area contributed by atoms with Crippen molar-refractivity contribution in [1.29, 1.82) is 5.26 Å². The van der Waals surface area contributed by atoms with Gasteiger partial charge in [-0.3, -0.25) is 4.79 Å². The third-order valence-electron chi connectivity index (χ3n) is 6.32. The molecule has 0 bridgehead atoms. The highest BCUT2D eigenvalue weighted by Gasteiger charge is 2.54. The first-order valence-electron chi connectivity index (χ1n) is 11.4. The minimum absolute atomic E-state index is 0.0185. The summed E-state index contributed by atoms with van der Waals surface area (Å²) in [4.78, 5) is 23.0. The van der Waals surface area contributed by atoms with E-state index < -0.39 is 21.5 Å². The lowest BCUT2D eigenvalue weighted by Crippen LogP contribution is -2.60. The van der Waals surface area contributed by atoms with Crippen LogP contribution in [0.25, 0.3) is 0 Å². The number of aromatic amines is 1. The number of imidazole rings is 1. The lowest BCUT2D eigenvalue weighted by Gasteiger charge is -2.36. The predicted octanol–water partition coefficient (Wildman–Crippen LogP) is 3.65. The zero-order valence-corrected chi connectivity index (χ0v) is 20.1. The number of nitriles is 1. The molecule has 0 spiro atoms. The highest BCUT2D eigenvalue weighted by Crippen LogP contribution is 2.39. The van der Waals surface area contributed by atoms with E-state index in [4.69, 9.17) is 0 Å². The van der Waals surface area contributed by atoms with Crippen LogP contribution in [0.3, 0.4) is 0 Å². The zero-order valence-electron chi connectivity index (χ0n) is 19.3. The number of nitrogens with zero attached hydrogens (tertiary/aromatic N) is 4. The van der Waals surface area contributed by atoms with E-state index >= 15 is 0 Å². The van der Waals surface area contributed by atoms with E-state index in [9.17, 15) is 18.5 Å². The van der Waals surface area contributed by atoms with Crippen LogP contribution in [0.4, 0.5) is 5.69 Å². The SMILES string of the molecule is N#CC1(Cc2ccccc2)C(=O)N(Cc2cnc[nH]2)c2ccccc2CN1S(=O)(=O)c1ccccc1. The Balaban J connectivity index is 1.74. The maximum absolute atomic E-state index is 14.4. The van der Waals surface area contributed by atoms with Crippen LogP contribution in [0.5, 0.6) is 0 Å². The second-order valence-electron chi connectivity index (χ2n) is 8.56. The molecule has 9 heteroatoms. The quantitative estimate of drug-likeness (QED) is 0.437. The topological polar surface area (TPSA) is 110 Å². The van der Waals surface area contributed by atoms with Crippen molar-refractivity contribution in [1.82, 2.24) is 14.3 Å². The number of carbonyl (C=O) groups excluding carboxylic acids is 1. The summed E-state index contributed by atoms with van der Waals surface area (Å²) >= 11 is 0. The van der Waals surface area contributed by atoms with Crippen LogP contribution in [0.1, 0.15) is 16.8 Å². The van der Waals surface area contributed by atoms with Gasteiger partial charge in [0.05, 0.1) is 29.5 Å². The highest BCUT2D eigenvalue weighted by molar-refractivity contribution is 7.89. The van der Waals surface area contributed by atoms with Gasteiger partial charge in [0.25, 0.3) is 5.91 Å². The van der Waals surface area contributed by atoms with Gasteiger partial charge >= 0.3 is 0 Å². The third-order valence-corrected chi connectivity index (χ3v) is 8.21. The first-order chi connectivity index (χ1) is 17.5. The minimum Gasteiger partial charge on any atom is -0.347 e. The van der Waals surface area contributed by atoms with Gasteiger partial charge in [0.1, 0.15) is 0 Å². The number of fused-ring (bicyclic) bond motifs is 1. The van der Waals surface area contributed by atoms with Crippen molar-refractivity contribution in [2.45, 2.75) is 29.9 Å². The number of nitrogens with one attached hydrogen (secondary N) is 1. The van der Waals surface area contributed by atoms with Crippen LogP contribution in [0.2, 0.25) is 0 Å². The molecule has 0 saturated heterocycles. The van der Waals surface area contributed by atoms with Crippen LogP contribution >= 0.6 is 0 Å². The first kappa shape index (κ1) is 23.5. The highest BCUT2D eigenvalue weighted by atomic mass is 32.2. The number of amides is 1. The van der Waals surface area contributed by atoms with Crippen molar-refractivity contribution in [2.24, 2.45) is 0 Å². The predicted molar refractivity (Wildman–Crippen MR) is 134 cm³/mol. The first-order valence-corrected chi connectivity index (χ1v) is 12.8. The number of aromatic nitrogens is 2. The van der Waals surface area contributed by atoms with Crippen molar-refractivity contribution < 1.29 is 13.2 Å². The van der Waals surface area contributed by atoms with Gasteiger partial charge < -0.3 is 9.88 Å². The van der Waals surface area contributed by atoms with E-state index in [0.29, 0.717) is 22.5 Å². The normalized spacial score (nSPS) is 18.3. The van der Waals surface area contributed by atoms with E-state index in [2.05, 4.69) is 16.0 Å². The average Bonchev–Trinajstić information content (AvgIpc) is 3.40. The van der Waals surface area contributed by atoms with Gasteiger partial charge in [-0.2, -0.15) is 9.57 Å². The molecule has 5 rings (SSSR count). The van der Waals surface area contributed by atoms with Gasteiger partial charge in [-0.05, 0) is 29.3 Å². The number of anilines is 1. The summed E-state index contributed by atoms with van der Waals surface area (Å²) < 4.78 is 29.2. The lowest BCUT2D eigenvalue weighted by atomic mass is 9.90. The molecule has 4 aromatic rings. The molecule has 1 N–H and O–H groups in total. The van der Waals surface area contributed by atoms with Gasteiger partial charge in [0.15, 0.2) is 0 Å². The number of benzene rings is 3. The Bertz CT molecular complexity index is 1520. The second-order valence-corrected chi connectivity index (χ2v) is 10.4. The molecule has 8 nitrogen and oxygen atoms in total. The summed E-state index contributed by atoms with van der Waals surface area (Å²) in [7, 11) is -4.24. The average molecular weight is 498 g/mol. The number of carbonyl (C=O) groups is 1. The number of rotatable bonds is 6. The molecule has 36 heavy (non-hydrogen) atoms. The Morgan fingerprint density at radius 3 is 2.31 bits per heavy atom. The molecular weight excluding hydrogens is 474 g/mol. The number of H-pyrrole nitrogens is 1. The Hall–Kier alpha value is -4.26. The van der Waals surface area contributed by atoms with E-state index in [1.807, 2.05) is 6.07 Å². The summed E-state index contributed by atoms with van der Waals surface area (Å²) in [6, 6.07) is 26.2.